The standard InChI is InChI=1S/C24H20FN5O2/c1-31-20-11-5-17(6-12-20)22-23(18-7-13-21(32-2)14-8-18)28-30-24(27-22)29-26-15-16-3-9-19(25)10-4-16/h3-15H,1-2H3,(H,27,29,30)/b26-15+. The smallest absolute Gasteiger partial charge is 0.263 e. The van der Waals surface area contributed by atoms with Gasteiger partial charge in [-0.05, 0) is 66.2 Å². The molecule has 160 valence electrons. The molecule has 1 aromatic heterocycles. The number of hydrazone groups is 1. The van der Waals surface area contributed by atoms with Crippen LogP contribution in [0.2, 0.25) is 0 Å². The van der Waals surface area contributed by atoms with E-state index in [4.69, 9.17) is 9.47 Å². The van der Waals surface area contributed by atoms with E-state index in [1.54, 1.807) is 32.6 Å². The number of nitrogens with zero attached hydrogens (tertiary/aromatic N) is 4. The summed E-state index contributed by atoms with van der Waals surface area (Å²) in [5.41, 5.74) is 6.46. The quantitative estimate of drug-likeness (QED) is 0.335. The topological polar surface area (TPSA) is 81.5 Å². The number of aromatic nitrogens is 3. The minimum Gasteiger partial charge on any atom is -0.497 e. The molecule has 8 heteroatoms. The molecule has 3 aromatic carbocycles. The zero-order valence-corrected chi connectivity index (χ0v) is 17.5. The predicted octanol–water partition coefficient (Wildman–Crippen LogP) is 4.81. The number of ether oxygens (including phenoxy) is 2. The molecule has 0 aliphatic rings. The SMILES string of the molecule is COc1ccc(-c2nnc(N/N=C/c3ccc(F)cc3)nc2-c2ccc(OC)cc2)cc1. The highest BCUT2D eigenvalue weighted by Crippen LogP contribution is 2.31. The Hall–Kier alpha value is -4.33. The Balaban J connectivity index is 1.67. The van der Waals surface area contributed by atoms with Crippen molar-refractivity contribution < 1.29 is 13.9 Å². The van der Waals surface area contributed by atoms with Gasteiger partial charge in [0.15, 0.2) is 0 Å². The molecule has 0 unspecified atom stereocenters. The zero-order chi connectivity index (χ0) is 22.3. The second-order valence-electron chi connectivity index (χ2n) is 6.71. The maximum atomic E-state index is 13.0. The Morgan fingerprint density at radius 1 is 0.750 bits per heavy atom. The van der Waals surface area contributed by atoms with E-state index in [0.29, 0.717) is 11.4 Å². The molecule has 0 atom stereocenters. The zero-order valence-electron chi connectivity index (χ0n) is 17.5. The summed E-state index contributed by atoms with van der Waals surface area (Å²) in [4.78, 5) is 4.63. The third kappa shape index (κ3) is 4.86. The fourth-order valence-electron chi connectivity index (χ4n) is 2.98. The first kappa shape index (κ1) is 20.9. The van der Waals surface area contributed by atoms with Crippen LogP contribution in [0.4, 0.5) is 10.3 Å². The van der Waals surface area contributed by atoms with E-state index in [9.17, 15) is 4.39 Å². The number of nitrogens with one attached hydrogen (secondary N) is 1. The monoisotopic (exact) mass is 429 g/mol. The van der Waals surface area contributed by atoms with E-state index < -0.39 is 0 Å². The van der Waals surface area contributed by atoms with Crippen LogP contribution in [0.1, 0.15) is 5.56 Å². The Kier molecular flexibility index (Phi) is 6.31. The fourth-order valence-corrected chi connectivity index (χ4v) is 2.98. The maximum Gasteiger partial charge on any atom is 0.263 e. The Labute approximate surface area is 184 Å². The summed E-state index contributed by atoms with van der Waals surface area (Å²) < 4.78 is 23.5. The van der Waals surface area contributed by atoms with Crippen LogP contribution in [0.3, 0.4) is 0 Å². The average molecular weight is 429 g/mol. The van der Waals surface area contributed by atoms with Gasteiger partial charge in [0.2, 0.25) is 0 Å². The molecule has 0 saturated heterocycles. The van der Waals surface area contributed by atoms with Gasteiger partial charge in [0, 0.05) is 11.1 Å². The summed E-state index contributed by atoms with van der Waals surface area (Å²) in [6.07, 6.45) is 1.55. The molecule has 4 rings (SSSR count). The van der Waals surface area contributed by atoms with Gasteiger partial charge in [0.05, 0.1) is 20.4 Å². The summed E-state index contributed by atoms with van der Waals surface area (Å²) in [7, 11) is 3.23. The minimum atomic E-state index is -0.305. The molecule has 0 spiro atoms. The van der Waals surface area contributed by atoms with Crippen LogP contribution in [0.5, 0.6) is 11.5 Å². The van der Waals surface area contributed by atoms with Crippen molar-refractivity contribution in [3.05, 3.63) is 84.2 Å². The largest absolute Gasteiger partial charge is 0.497 e. The van der Waals surface area contributed by atoms with E-state index >= 15 is 0 Å². The lowest BCUT2D eigenvalue weighted by molar-refractivity contribution is 0.414. The van der Waals surface area contributed by atoms with Crippen LogP contribution >= 0.6 is 0 Å². The predicted molar refractivity (Wildman–Crippen MR) is 121 cm³/mol. The maximum absolute atomic E-state index is 13.0. The van der Waals surface area contributed by atoms with Gasteiger partial charge in [-0.3, -0.25) is 0 Å². The summed E-state index contributed by atoms with van der Waals surface area (Å²) in [5.74, 6) is 1.41. The van der Waals surface area contributed by atoms with Crippen LogP contribution in [0.25, 0.3) is 22.5 Å². The van der Waals surface area contributed by atoms with Crippen molar-refractivity contribution in [3.8, 4) is 34.0 Å². The molecule has 0 aliphatic carbocycles. The normalized spacial score (nSPS) is 10.8. The lowest BCUT2D eigenvalue weighted by Gasteiger charge is -2.10. The van der Waals surface area contributed by atoms with Gasteiger partial charge >= 0.3 is 0 Å². The Morgan fingerprint density at radius 3 is 1.88 bits per heavy atom. The average Bonchev–Trinajstić information content (AvgIpc) is 2.85. The van der Waals surface area contributed by atoms with Crippen molar-refractivity contribution in [2.24, 2.45) is 5.10 Å². The van der Waals surface area contributed by atoms with Gasteiger partial charge in [-0.15, -0.1) is 10.2 Å². The van der Waals surface area contributed by atoms with Crippen LogP contribution < -0.4 is 14.9 Å². The molecule has 1 heterocycles. The van der Waals surface area contributed by atoms with Gasteiger partial charge in [0.25, 0.3) is 5.95 Å². The van der Waals surface area contributed by atoms with Gasteiger partial charge in [-0.25, -0.2) is 14.8 Å². The lowest BCUT2D eigenvalue weighted by Crippen LogP contribution is -2.03. The molecular formula is C24H20FN5O2. The van der Waals surface area contributed by atoms with Crippen molar-refractivity contribution >= 4 is 12.2 Å². The molecule has 4 aromatic rings. The number of halogens is 1. The van der Waals surface area contributed by atoms with E-state index in [1.165, 1.54) is 12.1 Å². The van der Waals surface area contributed by atoms with E-state index in [-0.39, 0.29) is 11.8 Å². The van der Waals surface area contributed by atoms with Crippen LogP contribution in [-0.2, 0) is 0 Å². The second-order valence-corrected chi connectivity index (χ2v) is 6.71. The van der Waals surface area contributed by atoms with Crippen molar-refractivity contribution in [1.82, 2.24) is 15.2 Å². The van der Waals surface area contributed by atoms with Crippen molar-refractivity contribution in [1.29, 1.82) is 0 Å². The molecule has 1 N–H and O–H groups in total. The van der Waals surface area contributed by atoms with Gasteiger partial charge in [-0.2, -0.15) is 5.10 Å². The Morgan fingerprint density at radius 2 is 1.31 bits per heavy atom. The van der Waals surface area contributed by atoms with Crippen LogP contribution in [0, 0.1) is 5.82 Å². The van der Waals surface area contributed by atoms with Crippen molar-refractivity contribution in [2.75, 3.05) is 19.6 Å². The summed E-state index contributed by atoms with van der Waals surface area (Å²) in [5, 5.41) is 12.7. The molecule has 0 aliphatic heterocycles. The fraction of sp³-hybridized carbons (Fsp3) is 0.0833. The molecule has 0 bridgehead atoms. The number of rotatable bonds is 7. The first-order valence-electron chi connectivity index (χ1n) is 9.74. The number of hydrogen-bond acceptors (Lipinski definition) is 7. The lowest BCUT2D eigenvalue weighted by atomic mass is 10.0. The highest BCUT2D eigenvalue weighted by Gasteiger charge is 2.14. The number of anilines is 1. The van der Waals surface area contributed by atoms with Crippen molar-refractivity contribution in [2.45, 2.75) is 0 Å². The molecule has 0 amide bonds. The third-order valence-corrected chi connectivity index (χ3v) is 4.66. The molecule has 0 fully saturated rings. The van der Waals surface area contributed by atoms with Crippen LogP contribution in [0.15, 0.2) is 77.9 Å². The van der Waals surface area contributed by atoms with Gasteiger partial charge in [-0.1, -0.05) is 12.1 Å². The first-order valence-corrected chi connectivity index (χ1v) is 9.74. The highest BCUT2D eigenvalue weighted by molar-refractivity contribution is 5.80. The molecule has 7 nitrogen and oxygen atoms in total. The van der Waals surface area contributed by atoms with E-state index in [0.717, 1.165) is 28.2 Å². The first-order chi connectivity index (χ1) is 15.7. The molecule has 0 radical (unpaired) electrons. The molecule has 0 saturated carbocycles. The van der Waals surface area contributed by atoms with Gasteiger partial charge in [0.1, 0.15) is 28.7 Å². The molecular weight excluding hydrogens is 409 g/mol. The number of benzene rings is 3. The summed E-state index contributed by atoms with van der Waals surface area (Å²) >= 11 is 0. The van der Waals surface area contributed by atoms with E-state index in [2.05, 4.69) is 25.7 Å². The van der Waals surface area contributed by atoms with Crippen molar-refractivity contribution in [3.63, 3.8) is 0 Å². The highest BCUT2D eigenvalue weighted by atomic mass is 19.1. The van der Waals surface area contributed by atoms with Crippen LogP contribution in [-0.4, -0.2) is 35.6 Å². The number of methoxy groups -OCH3 is 2. The van der Waals surface area contributed by atoms with Gasteiger partial charge < -0.3 is 9.47 Å². The minimum absolute atomic E-state index is 0.228. The third-order valence-electron chi connectivity index (χ3n) is 4.66. The Bertz CT molecular complexity index is 1210. The number of hydrogen-bond donors (Lipinski definition) is 1. The molecule has 32 heavy (non-hydrogen) atoms. The second kappa shape index (κ2) is 9.65. The summed E-state index contributed by atoms with van der Waals surface area (Å²) in [6.45, 7) is 0. The summed E-state index contributed by atoms with van der Waals surface area (Å²) in [6, 6.07) is 21.0. The van der Waals surface area contributed by atoms with E-state index in [1.807, 2.05) is 48.5 Å².